The van der Waals surface area contributed by atoms with Crippen molar-refractivity contribution in [2.75, 3.05) is 19.0 Å². The molecule has 1 amide bonds. The Morgan fingerprint density at radius 2 is 2.00 bits per heavy atom. The summed E-state index contributed by atoms with van der Waals surface area (Å²) in [5.41, 5.74) is 2.63. The van der Waals surface area contributed by atoms with Crippen LogP contribution in [0.4, 0.5) is 5.69 Å². The lowest BCUT2D eigenvalue weighted by Crippen LogP contribution is -2.14. The molecule has 0 saturated carbocycles. The molecule has 0 aliphatic rings. The maximum atomic E-state index is 12.7. The normalized spacial score (nSPS) is 10.9. The van der Waals surface area contributed by atoms with E-state index in [4.69, 9.17) is 9.47 Å². The number of para-hydroxylation sites is 2. The van der Waals surface area contributed by atoms with Gasteiger partial charge in [0.05, 0.1) is 31.3 Å². The number of aromatic nitrogens is 2. The van der Waals surface area contributed by atoms with Crippen LogP contribution in [0, 0.1) is 11.3 Å². The Kier molecular flexibility index (Phi) is 6.28. The molecule has 0 atom stereocenters. The minimum absolute atomic E-state index is 0.0486. The zero-order valence-electron chi connectivity index (χ0n) is 16.1. The van der Waals surface area contributed by atoms with Gasteiger partial charge in [0, 0.05) is 11.1 Å². The molecule has 0 bridgehead atoms. The number of ether oxygens (including phenoxy) is 2. The minimum Gasteiger partial charge on any atom is -0.497 e. The van der Waals surface area contributed by atoms with Crippen LogP contribution in [0.1, 0.15) is 12.5 Å². The molecule has 3 aromatic rings. The van der Waals surface area contributed by atoms with E-state index in [-0.39, 0.29) is 5.57 Å². The van der Waals surface area contributed by atoms with E-state index in [0.717, 1.165) is 11.3 Å². The molecule has 3 rings (SSSR count). The first-order valence-electron chi connectivity index (χ1n) is 8.99. The SMILES string of the molecule is CCOc1ccccc1NC(=O)/C(C#N)=C/c1cn[nH]c1-c1ccc(OC)cc1. The highest BCUT2D eigenvalue weighted by molar-refractivity contribution is 6.10. The number of nitriles is 1. The molecule has 2 aromatic carbocycles. The van der Waals surface area contributed by atoms with E-state index in [1.54, 1.807) is 31.5 Å². The summed E-state index contributed by atoms with van der Waals surface area (Å²) < 4.78 is 10.7. The van der Waals surface area contributed by atoms with Crippen LogP contribution in [0.2, 0.25) is 0 Å². The van der Waals surface area contributed by atoms with Gasteiger partial charge >= 0.3 is 0 Å². The standard InChI is InChI=1S/C22H20N4O3/c1-3-29-20-7-5-4-6-19(20)25-22(27)16(13-23)12-17-14-24-26-21(17)15-8-10-18(28-2)11-9-15/h4-12,14H,3H2,1-2H3,(H,24,26)(H,25,27)/b16-12+. The third kappa shape index (κ3) is 4.62. The lowest BCUT2D eigenvalue weighted by Gasteiger charge is -2.10. The largest absolute Gasteiger partial charge is 0.497 e. The summed E-state index contributed by atoms with van der Waals surface area (Å²) in [6, 6.07) is 16.4. The van der Waals surface area contributed by atoms with Crippen LogP contribution in [-0.2, 0) is 4.79 Å². The summed E-state index contributed by atoms with van der Waals surface area (Å²) >= 11 is 0. The maximum absolute atomic E-state index is 12.7. The van der Waals surface area contributed by atoms with Gasteiger partial charge in [-0.2, -0.15) is 10.4 Å². The molecule has 0 saturated heterocycles. The Hall–Kier alpha value is -4.05. The smallest absolute Gasteiger partial charge is 0.266 e. The molecule has 0 unspecified atom stereocenters. The van der Waals surface area contributed by atoms with Crippen molar-refractivity contribution in [2.24, 2.45) is 0 Å². The average Bonchev–Trinajstić information content (AvgIpc) is 3.21. The zero-order valence-corrected chi connectivity index (χ0v) is 16.1. The van der Waals surface area contributed by atoms with Crippen LogP contribution in [0.25, 0.3) is 17.3 Å². The average molecular weight is 388 g/mol. The number of rotatable bonds is 7. The number of methoxy groups -OCH3 is 1. The van der Waals surface area contributed by atoms with Crippen molar-refractivity contribution in [3.63, 3.8) is 0 Å². The van der Waals surface area contributed by atoms with Gasteiger partial charge in [-0.25, -0.2) is 0 Å². The summed E-state index contributed by atoms with van der Waals surface area (Å²) in [5, 5.41) is 19.2. The van der Waals surface area contributed by atoms with Gasteiger partial charge in [0.15, 0.2) is 0 Å². The molecule has 0 fully saturated rings. The van der Waals surface area contributed by atoms with Crippen LogP contribution in [-0.4, -0.2) is 29.8 Å². The van der Waals surface area contributed by atoms with Crippen molar-refractivity contribution in [1.82, 2.24) is 10.2 Å². The molecular weight excluding hydrogens is 368 g/mol. The molecule has 29 heavy (non-hydrogen) atoms. The Balaban J connectivity index is 1.86. The topological polar surface area (TPSA) is 100 Å². The van der Waals surface area contributed by atoms with E-state index in [0.29, 0.717) is 29.3 Å². The van der Waals surface area contributed by atoms with Gasteiger partial charge in [0.25, 0.3) is 5.91 Å². The van der Waals surface area contributed by atoms with Crippen molar-refractivity contribution in [2.45, 2.75) is 6.92 Å². The number of anilines is 1. The highest BCUT2D eigenvalue weighted by Gasteiger charge is 2.14. The number of amides is 1. The molecule has 7 nitrogen and oxygen atoms in total. The Morgan fingerprint density at radius 3 is 2.69 bits per heavy atom. The summed E-state index contributed by atoms with van der Waals surface area (Å²) in [4.78, 5) is 12.7. The number of hydrogen-bond acceptors (Lipinski definition) is 5. The van der Waals surface area contributed by atoms with Crippen LogP contribution < -0.4 is 14.8 Å². The van der Waals surface area contributed by atoms with E-state index in [9.17, 15) is 10.1 Å². The fraction of sp³-hybridized carbons (Fsp3) is 0.136. The van der Waals surface area contributed by atoms with Crippen molar-refractivity contribution in [1.29, 1.82) is 5.26 Å². The van der Waals surface area contributed by atoms with Gasteiger partial charge in [-0.05, 0) is 49.4 Å². The van der Waals surface area contributed by atoms with E-state index in [2.05, 4.69) is 15.5 Å². The van der Waals surface area contributed by atoms with E-state index < -0.39 is 5.91 Å². The number of benzene rings is 2. The number of nitrogens with one attached hydrogen (secondary N) is 2. The zero-order chi connectivity index (χ0) is 20.6. The molecule has 2 N–H and O–H groups in total. The van der Waals surface area contributed by atoms with Gasteiger partial charge in [-0.1, -0.05) is 12.1 Å². The highest BCUT2D eigenvalue weighted by atomic mass is 16.5. The Morgan fingerprint density at radius 1 is 1.24 bits per heavy atom. The summed E-state index contributed by atoms with van der Waals surface area (Å²) in [7, 11) is 1.60. The predicted octanol–water partition coefficient (Wildman–Crippen LogP) is 4.03. The number of carbonyl (C=O) groups excluding carboxylic acids is 1. The number of aromatic amines is 1. The molecular formula is C22H20N4O3. The highest BCUT2D eigenvalue weighted by Crippen LogP contribution is 2.27. The third-order valence-electron chi connectivity index (χ3n) is 4.15. The van der Waals surface area contributed by atoms with Crippen LogP contribution in [0.3, 0.4) is 0 Å². The summed E-state index contributed by atoms with van der Waals surface area (Å²) in [6.45, 7) is 2.33. The first kappa shape index (κ1) is 19.7. The summed E-state index contributed by atoms with van der Waals surface area (Å²) in [6.07, 6.45) is 3.07. The van der Waals surface area contributed by atoms with Gasteiger partial charge in [0.1, 0.15) is 23.1 Å². The molecule has 7 heteroatoms. The molecule has 1 heterocycles. The van der Waals surface area contributed by atoms with Crippen molar-refractivity contribution in [3.05, 3.63) is 65.9 Å². The molecule has 1 aromatic heterocycles. The number of carbonyl (C=O) groups is 1. The molecule has 0 aliphatic heterocycles. The second-order valence-corrected chi connectivity index (χ2v) is 5.98. The first-order valence-corrected chi connectivity index (χ1v) is 8.99. The summed E-state index contributed by atoms with van der Waals surface area (Å²) in [5.74, 6) is 0.750. The van der Waals surface area contributed by atoms with Crippen molar-refractivity contribution in [3.8, 4) is 28.8 Å². The fourth-order valence-corrected chi connectivity index (χ4v) is 2.74. The molecule has 146 valence electrons. The maximum Gasteiger partial charge on any atom is 0.266 e. The van der Waals surface area contributed by atoms with Gasteiger partial charge in [0.2, 0.25) is 0 Å². The lowest BCUT2D eigenvalue weighted by molar-refractivity contribution is -0.112. The van der Waals surface area contributed by atoms with E-state index in [1.807, 2.05) is 43.3 Å². The van der Waals surface area contributed by atoms with Gasteiger partial charge in [-0.15, -0.1) is 0 Å². The lowest BCUT2D eigenvalue weighted by atomic mass is 10.1. The van der Waals surface area contributed by atoms with Gasteiger partial charge in [-0.3, -0.25) is 9.89 Å². The van der Waals surface area contributed by atoms with Gasteiger partial charge < -0.3 is 14.8 Å². The van der Waals surface area contributed by atoms with Crippen LogP contribution >= 0.6 is 0 Å². The van der Waals surface area contributed by atoms with E-state index in [1.165, 1.54) is 6.08 Å². The van der Waals surface area contributed by atoms with Crippen molar-refractivity contribution >= 4 is 17.7 Å². The molecule has 0 spiro atoms. The molecule has 0 aliphatic carbocycles. The first-order chi connectivity index (χ1) is 14.2. The van der Waals surface area contributed by atoms with Crippen molar-refractivity contribution < 1.29 is 14.3 Å². The fourth-order valence-electron chi connectivity index (χ4n) is 2.74. The second-order valence-electron chi connectivity index (χ2n) is 5.98. The number of H-pyrrole nitrogens is 1. The van der Waals surface area contributed by atoms with E-state index >= 15 is 0 Å². The quantitative estimate of drug-likeness (QED) is 0.470. The number of hydrogen-bond donors (Lipinski definition) is 2. The molecule has 0 radical (unpaired) electrons. The minimum atomic E-state index is -0.526. The van der Waals surface area contributed by atoms with Crippen LogP contribution in [0.15, 0.2) is 60.3 Å². The Labute approximate surface area is 168 Å². The number of nitrogens with zero attached hydrogens (tertiary/aromatic N) is 2. The second kappa shape index (κ2) is 9.24. The Bertz CT molecular complexity index is 1060. The predicted molar refractivity (Wildman–Crippen MR) is 110 cm³/mol. The monoisotopic (exact) mass is 388 g/mol. The van der Waals surface area contributed by atoms with Crippen LogP contribution in [0.5, 0.6) is 11.5 Å². The third-order valence-corrected chi connectivity index (χ3v) is 4.15.